The van der Waals surface area contributed by atoms with Gasteiger partial charge in [-0.25, -0.2) is 9.78 Å². The molecule has 1 unspecified atom stereocenters. The van der Waals surface area contributed by atoms with E-state index in [2.05, 4.69) is 4.98 Å². The Morgan fingerprint density at radius 1 is 1.14 bits per heavy atom. The zero-order valence-corrected chi connectivity index (χ0v) is 22.6. The fraction of sp³-hybridized carbons (Fsp3) is 0.231. The number of ketones is 1. The first kappa shape index (κ1) is 26.7. The maximum Gasteiger partial charge on any atom is 0.350 e. The number of benzene rings is 2. The molecule has 3 aromatic rings. The first-order valence-corrected chi connectivity index (χ1v) is 12.7. The summed E-state index contributed by atoms with van der Waals surface area (Å²) < 4.78 is 10.3. The van der Waals surface area contributed by atoms with Crippen molar-refractivity contribution in [2.24, 2.45) is 0 Å². The van der Waals surface area contributed by atoms with E-state index >= 15 is 0 Å². The number of aryl methyl sites for hydroxylation is 2. The number of aliphatic hydroxyl groups is 1. The minimum absolute atomic E-state index is 0.101. The Hall–Kier alpha value is -3.40. The van der Waals surface area contributed by atoms with Crippen LogP contribution in [0.3, 0.4) is 0 Å². The molecule has 2 heterocycles. The van der Waals surface area contributed by atoms with Gasteiger partial charge in [0.2, 0.25) is 0 Å². The molecular weight excluding hydrogens is 539 g/mol. The molecule has 1 fully saturated rings. The second kappa shape index (κ2) is 10.5. The average Bonchev–Trinajstić information content (AvgIpc) is 3.37. The lowest BCUT2D eigenvalue weighted by molar-refractivity contribution is -0.132. The summed E-state index contributed by atoms with van der Waals surface area (Å²) in [6, 6.07) is 8.53. The van der Waals surface area contributed by atoms with Crippen molar-refractivity contribution in [3.8, 4) is 5.75 Å². The number of carbonyl (C=O) groups is 3. The quantitative estimate of drug-likeness (QED) is 0.173. The first-order chi connectivity index (χ1) is 17.6. The van der Waals surface area contributed by atoms with Crippen LogP contribution in [-0.2, 0) is 14.3 Å². The van der Waals surface area contributed by atoms with Gasteiger partial charge in [-0.3, -0.25) is 14.5 Å². The van der Waals surface area contributed by atoms with Gasteiger partial charge in [-0.2, -0.15) is 0 Å². The van der Waals surface area contributed by atoms with Crippen LogP contribution >= 0.6 is 34.5 Å². The summed E-state index contributed by atoms with van der Waals surface area (Å²) >= 11 is 13.3. The first-order valence-electron chi connectivity index (χ1n) is 11.1. The second-order valence-electron chi connectivity index (χ2n) is 8.15. The van der Waals surface area contributed by atoms with E-state index in [0.29, 0.717) is 28.1 Å². The molecule has 0 spiro atoms. The molecule has 11 heteroatoms. The summed E-state index contributed by atoms with van der Waals surface area (Å²) in [6.45, 7) is 5.20. The summed E-state index contributed by atoms with van der Waals surface area (Å²) in [4.78, 5) is 45.0. The fourth-order valence-corrected chi connectivity index (χ4v) is 5.37. The number of aromatic nitrogens is 1. The lowest BCUT2D eigenvalue weighted by Crippen LogP contribution is -2.29. The van der Waals surface area contributed by atoms with E-state index in [0.717, 1.165) is 16.2 Å². The molecule has 1 amide bonds. The molecule has 0 radical (unpaired) electrons. The van der Waals surface area contributed by atoms with E-state index in [9.17, 15) is 19.5 Å². The molecule has 0 saturated carbocycles. The number of amides is 1. The average molecular weight is 561 g/mol. The molecule has 0 aliphatic carbocycles. The minimum Gasteiger partial charge on any atom is -0.507 e. The highest BCUT2D eigenvalue weighted by molar-refractivity contribution is 7.17. The summed E-state index contributed by atoms with van der Waals surface area (Å²) in [5.74, 6) is -2.20. The summed E-state index contributed by atoms with van der Waals surface area (Å²) in [6.07, 6.45) is 0. The van der Waals surface area contributed by atoms with Gasteiger partial charge in [0.1, 0.15) is 16.4 Å². The molecule has 192 valence electrons. The standard InChI is InChI=1S/C26H22Cl2N2O6S/c1-5-36-25(34)23-13(3)29-26(37-23)30-20(14-6-9-17(27)18(28)11-14)19(22(32)24(30)33)21(31)16-8-7-15(35-4)10-12(16)2/h6-11,20,31H,5H2,1-4H3/b21-19+. The minimum atomic E-state index is -1.09. The van der Waals surface area contributed by atoms with Crippen molar-refractivity contribution in [2.75, 3.05) is 18.6 Å². The third-order valence-corrected chi connectivity index (χ3v) is 7.72. The number of methoxy groups -OCH3 is 1. The number of hydrogen-bond acceptors (Lipinski definition) is 8. The van der Waals surface area contributed by atoms with E-state index in [1.165, 1.54) is 19.2 Å². The normalized spacial score (nSPS) is 16.8. The van der Waals surface area contributed by atoms with Gasteiger partial charge in [-0.15, -0.1) is 0 Å². The molecule has 4 rings (SSSR count). The number of anilines is 1. The second-order valence-corrected chi connectivity index (χ2v) is 9.95. The fourth-order valence-electron chi connectivity index (χ4n) is 4.07. The zero-order valence-electron chi connectivity index (χ0n) is 20.3. The maximum atomic E-state index is 13.4. The van der Waals surface area contributed by atoms with Crippen LogP contribution in [0, 0.1) is 13.8 Å². The van der Waals surface area contributed by atoms with Gasteiger partial charge < -0.3 is 14.6 Å². The number of carbonyl (C=O) groups excluding carboxylic acids is 3. The summed E-state index contributed by atoms with van der Waals surface area (Å²) in [7, 11) is 1.52. The molecule has 1 aliphatic rings. The van der Waals surface area contributed by atoms with E-state index in [-0.39, 0.29) is 38.0 Å². The highest BCUT2D eigenvalue weighted by Gasteiger charge is 2.48. The van der Waals surface area contributed by atoms with Gasteiger partial charge in [0.05, 0.1) is 41.1 Å². The van der Waals surface area contributed by atoms with Crippen LogP contribution in [0.1, 0.15) is 45.0 Å². The van der Waals surface area contributed by atoms with Gasteiger partial charge in [-0.1, -0.05) is 40.6 Å². The predicted octanol–water partition coefficient (Wildman–Crippen LogP) is 5.88. The highest BCUT2D eigenvalue weighted by Crippen LogP contribution is 2.45. The molecule has 0 bridgehead atoms. The number of hydrogen-bond donors (Lipinski definition) is 1. The lowest BCUT2D eigenvalue weighted by Gasteiger charge is -2.23. The van der Waals surface area contributed by atoms with E-state index < -0.39 is 23.7 Å². The van der Waals surface area contributed by atoms with Crippen molar-refractivity contribution in [3.05, 3.63) is 79.3 Å². The van der Waals surface area contributed by atoms with Crippen molar-refractivity contribution in [1.82, 2.24) is 4.98 Å². The van der Waals surface area contributed by atoms with Gasteiger partial charge >= 0.3 is 11.9 Å². The van der Waals surface area contributed by atoms with Crippen LogP contribution in [0.25, 0.3) is 5.76 Å². The van der Waals surface area contributed by atoms with Gasteiger partial charge in [0.25, 0.3) is 5.78 Å². The van der Waals surface area contributed by atoms with E-state index in [4.69, 9.17) is 32.7 Å². The van der Waals surface area contributed by atoms with Crippen LogP contribution in [0.5, 0.6) is 5.75 Å². The molecule has 2 aromatic carbocycles. The number of ether oxygens (including phenoxy) is 2. The maximum absolute atomic E-state index is 13.4. The molecule has 1 N–H and O–H groups in total. The van der Waals surface area contributed by atoms with Crippen molar-refractivity contribution in [2.45, 2.75) is 26.8 Å². The molecular formula is C26H22Cl2N2O6S. The SMILES string of the molecule is CCOC(=O)c1sc(N2C(=O)C(=O)/C(=C(/O)c3ccc(OC)cc3C)C2c2ccc(Cl)c(Cl)c2)nc1C. The number of halogens is 2. The number of aliphatic hydroxyl groups excluding tert-OH is 1. The Balaban J connectivity index is 1.95. The Labute approximate surface area is 227 Å². The number of thiazole rings is 1. The van der Waals surface area contributed by atoms with Crippen molar-refractivity contribution >= 4 is 63.1 Å². The molecule has 37 heavy (non-hydrogen) atoms. The molecule has 1 aliphatic heterocycles. The molecule has 8 nitrogen and oxygen atoms in total. The predicted molar refractivity (Wildman–Crippen MR) is 142 cm³/mol. The number of rotatable bonds is 6. The zero-order chi connectivity index (χ0) is 27.0. The van der Waals surface area contributed by atoms with Crippen molar-refractivity contribution in [1.29, 1.82) is 0 Å². The van der Waals surface area contributed by atoms with Crippen LogP contribution in [0.2, 0.25) is 10.0 Å². The van der Waals surface area contributed by atoms with E-state index in [1.807, 2.05) is 0 Å². The van der Waals surface area contributed by atoms with Crippen LogP contribution in [0.4, 0.5) is 5.13 Å². The number of Topliss-reactive ketones (excluding diaryl/α,β-unsaturated/α-hetero) is 1. The monoisotopic (exact) mass is 560 g/mol. The highest BCUT2D eigenvalue weighted by atomic mass is 35.5. The van der Waals surface area contributed by atoms with Gasteiger partial charge in [0.15, 0.2) is 5.13 Å². The largest absolute Gasteiger partial charge is 0.507 e. The van der Waals surface area contributed by atoms with Gasteiger partial charge in [-0.05, 0) is 62.2 Å². The summed E-state index contributed by atoms with van der Waals surface area (Å²) in [5.41, 5.74) is 1.60. The Bertz CT molecular complexity index is 1470. The van der Waals surface area contributed by atoms with Crippen LogP contribution < -0.4 is 9.64 Å². The molecule has 1 aromatic heterocycles. The third-order valence-electron chi connectivity index (χ3n) is 5.84. The van der Waals surface area contributed by atoms with Crippen LogP contribution in [0.15, 0.2) is 42.0 Å². The Kier molecular flexibility index (Phi) is 7.59. The Morgan fingerprint density at radius 3 is 2.49 bits per heavy atom. The smallest absolute Gasteiger partial charge is 0.350 e. The van der Waals surface area contributed by atoms with Gasteiger partial charge in [0, 0.05) is 5.56 Å². The van der Waals surface area contributed by atoms with E-state index in [1.54, 1.807) is 45.0 Å². The van der Waals surface area contributed by atoms with Crippen molar-refractivity contribution < 1.29 is 29.0 Å². The lowest BCUT2D eigenvalue weighted by atomic mass is 9.94. The third kappa shape index (κ3) is 4.82. The molecule has 1 atom stereocenters. The number of esters is 1. The molecule has 1 saturated heterocycles. The van der Waals surface area contributed by atoms with Crippen LogP contribution in [-0.4, -0.2) is 41.5 Å². The van der Waals surface area contributed by atoms with Crippen molar-refractivity contribution in [3.63, 3.8) is 0 Å². The summed E-state index contributed by atoms with van der Waals surface area (Å²) in [5, 5.41) is 12.0. The topological polar surface area (TPSA) is 106 Å². The number of nitrogens with zero attached hydrogens (tertiary/aromatic N) is 2. The Morgan fingerprint density at radius 2 is 1.86 bits per heavy atom.